The van der Waals surface area contributed by atoms with Gasteiger partial charge in [-0.05, 0) is 18.2 Å². The monoisotopic (exact) mass is 265 g/mol. The Morgan fingerprint density at radius 3 is 2.78 bits per heavy atom. The predicted molar refractivity (Wildman–Crippen MR) is 69.1 cm³/mol. The lowest BCUT2D eigenvalue weighted by atomic mass is 10.1. The Hall–Kier alpha value is -1.81. The summed E-state index contributed by atoms with van der Waals surface area (Å²) in [5, 5.41) is 9.12. The number of carboxylic acids is 1. The minimum absolute atomic E-state index is 0.0233. The molecular weight excluding hydrogens is 254 g/mol. The van der Waals surface area contributed by atoms with Crippen LogP contribution >= 0.6 is 11.6 Å². The summed E-state index contributed by atoms with van der Waals surface area (Å²) in [7, 11) is 0. The molecule has 1 amide bonds. The van der Waals surface area contributed by atoms with Gasteiger partial charge in [-0.1, -0.05) is 17.7 Å². The number of rotatable bonds is 3. The summed E-state index contributed by atoms with van der Waals surface area (Å²) >= 11 is 6.03. The highest BCUT2D eigenvalue weighted by molar-refractivity contribution is 6.34. The van der Waals surface area contributed by atoms with Gasteiger partial charge in [-0.2, -0.15) is 0 Å². The molecule has 0 aliphatic carbocycles. The van der Waals surface area contributed by atoms with Crippen LogP contribution in [0.15, 0.2) is 30.9 Å². The molecule has 4 nitrogen and oxygen atoms in total. The summed E-state index contributed by atoms with van der Waals surface area (Å²) < 4.78 is 0. The number of benzene rings is 1. The molecule has 1 aliphatic heterocycles. The van der Waals surface area contributed by atoms with Crippen LogP contribution in [0, 0.1) is 5.92 Å². The van der Waals surface area contributed by atoms with Crippen LogP contribution in [0.25, 0.3) is 0 Å². The van der Waals surface area contributed by atoms with Crippen molar-refractivity contribution < 1.29 is 14.7 Å². The van der Waals surface area contributed by atoms with Crippen LogP contribution < -0.4 is 4.90 Å². The van der Waals surface area contributed by atoms with E-state index in [1.807, 2.05) is 0 Å². The van der Waals surface area contributed by atoms with E-state index in [2.05, 4.69) is 6.58 Å². The first-order chi connectivity index (χ1) is 8.52. The van der Waals surface area contributed by atoms with Crippen molar-refractivity contribution in [3.05, 3.63) is 41.4 Å². The number of carbonyl (C=O) groups is 2. The van der Waals surface area contributed by atoms with Gasteiger partial charge in [-0.25, -0.2) is 4.79 Å². The first kappa shape index (κ1) is 12.6. The fraction of sp³-hybridized carbons (Fsp3) is 0.231. The standard InChI is InChI=1S/C13H12ClNO3/c1-2-8-5-12(16)15(7-8)11-4-3-9(13(17)18)6-10(11)14/h2-4,6,8H,1,5,7H2,(H,17,18). The normalized spacial score (nSPS) is 19.1. The van der Waals surface area contributed by atoms with Crippen molar-refractivity contribution >= 4 is 29.2 Å². The Labute approximate surface area is 109 Å². The third-order valence-electron chi connectivity index (χ3n) is 2.97. The highest BCUT2D eigenvalue weighted by atomic mass is 35.5. The molecule has 0 radical (unpaired) electrons. The molecule has 1 fully saturated rings. The largest absolute Gasteiger partial charge is 0.478 e. The number of amides is 1. The number of anilines is 1. The summed E-state index contributed by atoms with van der Waals surface area (Å²) in [5.41, 5.74) is 0.659. The molecule has 5 heteroatoms. The van der Waals surface area contributed by atoms with Crippen molar-refractivity contribution in [1.82, 2.24) is 0 Å². The molecule has 0 aromatic heterocycles. The summed E-state index contributed by atoms with van der Waals surface area (Å²) in [5.74, 6) is -0.947. The molecule has 1 aromatic carbocycles. The molecule has 1 unspecified atom stereocenters. The van der Waals surface area contributed by atoms with Crippen molar-refractivity contribution in [3.63, 3.8) is 0 Å². The molecule has 1 aliphatic rings. The number of hydrogen-bond acceptors (Lipinski definition) is 2. The zero-order valence-electron chi connectivity index (χ0n) is 9.60. The van der Waals surface area contributed by atoms with E-state index in [1.165, 1.54) is 12.1 Å². The molecule has 0 spiro atoms. The Balaban J connectivity index is 2.32. The SMILES string of the molecule is C=CC1CC(=O)N(c2ccc(C(=O)O)cc2Cl)C1. The first-order valence-corrected chi connectivity index (χ1v) is 5.86. The van der Waals surface area contributed by atoms with Gasteiger partial charge < -0.3 is 10.0 Å². The van der Waals surface area contributed by atoms with Gasteiger partial charge in [0.2, 0.25) is 5.91 Å². The van der Waals surface area contributed by atoms with Gasteiger partial charge in [0.15, 0.2) is 0 Å². The fourth-order valence-corrected chi connectivity index (χ4v) is 2.27. The fourth-order valence-electron chi connectivity index (χ4n) is 1.98. The molecule has 2 rings (SSSR count). The second-order valence-corrected chi connectivity index (χ2v) is 4.58. The van der Waals surface area contributed by atoms with Crippen molar-refractivity contribution in [1.29, 1.82) is 0 Å². The van der Waals surface area contributed by atoms with Gasteiger partial charge in [0.25, 0.3) is 0 Å². The van der Waals surface area contributed by atoms with Crippen LogP contribution in [0.1, 0.15) is 16.8 Å². The zero-order chi connectivity index (χ0) is 13.3. The minimum Gasteiger partial charge on any atom is -0.478 e. The lowest BCUT2D eigenvalue weighted by molar-refractivity contribution is -0.117. The highest BCUT2D eigenvalue weighted by Gasteiger charge is 2.30. The molecule has 1 atom stereocenters. The van der Waals surface area contributed by atoms with Crippen molar-refractivity contribution in [2.75, 3.05) is 11.4 Å². The molecule has 1 N–H and O–H groups in total. The van der Waals surface area contributed by atoms with Crippen molar-refractivity contribution in [2.24, 2.45) is 5.92 Å². The zero-order valence-corrected chi connectivity index (χ0v) is 10.4. The Morgan fingerprint density at radius 1 is 1.56 bits per heavy atom. The van der Waals surface area contributed by atoms with E-state index in [1.54, 1.807) is 17.0 Å². The number of nitrogens with zero attached hydrogens (tertiary/aromatic N) is 1. The molecule has 0 bridgehead atoms. The lowest BCUT2D eigenvalue weighted by Gasteiger charge is -2.18. The number of hydrogen-bond donors (Lipinski definition) is 1. The molecule has 1 saturated heterocycles. The number of carboxylic acid groups (broad SMARTS) is 1. The van der Waals surface area contributed by atoms with Gasteiger partial charge in [0, 0.05) is 18.9 Å². The van der Waals surface area contributed by atoms with Crippen molar-refractivity contribution in [3.8, 4) is 0 Å². The van der Waals surface area contributed by atoms with Gasteiger partial charge in [0.1, 0.15) is 0 Å². The van der Waals surface area contributed by atoms with E-state index in [0.717, 1.165) is 0 Å². The maximum atomic E-state index is 11.8. The topological polar surface area (TPSA) is 57.6 Å². The number of carbonyl (C=O) groups excluding carboxylic acids is 1. The van der Waals surface area contributed by atoms with Gasteiger partial charge in [-0.15, -0.1) is 6.58 Å². The van der Waals surface area contributed by atoms with Crippen LogP contribution in [0.5, 0.6) is 0 Å². The molecule has 1 aromatic rings. The van der Waals surface area contributed by atoms with Crippen LogP contribution in [-0.2, 0) is 4.79 Å². The summed E-state index contributed by atoms with van der Waals surface area (Å²) in [6.45, 7) is 4.21. The highest BCUT2D eigenvalue weighted by Crippen LogP contribution is 2.32. The Bertz CT molecular complexity index is 527. The molecular formula is C13H12ClNO3. The minimum atomic E-state index is -1.04. The molecule has 0 saturated carbocycles. The molecule has 94 valence electrons. The molecule has 18 heavy (non-hydrogen) atoms. The third kappa shape index (κ3) is 2.24. The summed E-state index contributed by atoms with van der Waals surface area (Å²) in [4.78, 5) is 24.2. The lowest BCUT2D eigenvalue weighted by Crippen LogP contribution is -2.24. The average Bonchev–Trinajstić information content (AvgIpc) is 2.70. The second kappa shape index (κ2) is 4.82. The van der Waals surface area contributed by atoms with E-state index in [4.69, 9.17) is 16.7 Å². The average molecular weight is 266 g/mol. The van der Waals surface area contributed by atoms with Crippen LogP contribution in [0.2, 0.25) is 5.02 Å². The van der Waals surface area contributed by atoms with Crippen LogP contribution in [-0.4, -0.2) is 23.5 Å². The second-order valence-electron chi connectivity index (χ2n) is 4.18. The predicted octanol–water partition coefficient (Wildman–Crippen LogP) is 2.58. The quantitative estimate of drug-likeness (QED) is 0.855. The van der Waals surface area contributed by atoms with Crippen molar-refractivity contribution in [2.45, 2.75) is 6.42 Å². The Kier molecular flexibility index (Phi) is 3.39. The van der Waals surface area contributed by atoms with E-state index in [-0.39, 0.29) is 22.4 Å². The Morgan fingerprint density at radius 2 is 2.28 bits per heavy atom. The van der Waals surface area contributed by atoms with E-state index in [0.29, 0.717) is 18.7 Å². The first-order valence-electron chi connectivity index (χ1n) is 5.48. The smallest absolute Gasteiger partial charge is 0.335 e. The summed E-state index contributed by atoms with van der Waals surface area (Å²) in [6, 6.07) is 4.36. The van der Waals surface area contributed by atoms with E-state index in [9.17, 15) is 9.59 Å². The van der Waals surface area contributed by atoms with E-state index < -0.39 is 5.97 Å². The number of halogens is 1. The van der Waals surface area contributed by atoms with Gasteiger partial charge in [-0.3, -0.25) is 4.79 Å². The van der Waals surface area contributed by atoms with Crippen LogP contribution in [0.4, 0.5) is 5.69 Å². The van der Waals surface area contributed by atoms with Gasteiger partial charge in [0.05, 0.1) is 16.3 Å². The summed E-state index contributed by atoms with van der Waals surface area (Å²) in [6.07, 6.45) is 2.16. The number of aromatic carboxylic acids is 1. The van der Waals surface area contributed by atoms with Crippen LogP contribution in [0.3, 0.4) is 0 Å². The maximum absolute atomic E-state index is 11.8. The van der Waals surface area contributed by atoms with E-state index >= 15 is 0 Å². The third-order valence-corrected chi connectivity index (χ3v) is 3.28. The maximum Gasteiger partial charge on any atom is 0.335 e. The van der Waals surface area contributed by atoms with Gasteiger partial charge >= 0.3 is 5.97 Å². The molecule has 1 heterocycles.